The van der Waals surface area contributed by atoms with Crippen molar-refractivity contribution in [3.63, 3.8) is 0 Å². The Kier molecular flexibility index (Phi) is 1.95. The second-order valence-electron chi connectivity index (χ2n) is 2.59. The van der Waals surface area contributed by atoms with Crippen molar-refractivity contribution in [3.05, 3.63) is 30.0 Å². The first-order chi connectivity index (χ1) is 6.20. The third-order valence-corrected chi connectivity index (χ3v) is 2.51. The molecule has 4 nitrogen and oxygen atoms in total. The number of para-hydroxylation sites is 1. The van der Waals surface area contributed by atoms with E-state index >= 15 is 0 Å². The molecule has 1 aromatic heterocycles. The van der Waals surface area contributed by atoms with Gasteiger partial charge in [-0.25, -0.2) is 2.90 Å². The number of benzene rings is 1. The number of nitrogens with two attached hydrogens (primary N) is 1. The zero-order chi connectivity index (χ0) is 9.42. The molecule has 13 heavy (non-hydrogen) atoms. The van der Waals surface area contributed by atoms with E-state index in [1.54, 1.807) is 2.90 Å². The lowest BCUT2D eigenvalue weighted by atomic mass is 10.2. The lowest BCUT2D eigenvalue weighted by molar-refractivity contribution is 0.0997. The first-order valence-corrected chi connectivity index (χ1v) is 4.60. The fourth-order valence-electron chi connectivity index (χ4n) is 1.21. The third-order valence-electron chi connectivity index (χ3n) is 1.78. The summed E-state index contributed by atoms with van der Waals surface area (Å²) in [6.07, 6.45) is 0. The number of primary amides is 1. The molecule has 5 heteroatoms. The van der Waals surface area contributed by atoms with Crippen molar-refractivity contribution in [3.8, 4) is 0 Å². The summed E-state index contributed by atoms with van der Waals surface area (Å²) in [5, 5.41) is 4.81. The van der Waals surface area contributed by atoms with Gasteiger partial charge >= 0.3 is 0 Å². The first kappa shape index (κ1) is 8.49. The molecule has 1 aromatic carbocycles. The zero-order valence-corrected chi connectivity index (χ0v) is 8.72. The molecule has 2 N–H and O–H groups in total. The van der Waals surface area contributed by atoms with Crippen molar-refractivity contribution in [1.82, 2.24) is 7.99 Å². The van der Waals surface area contributed by atoms with Gasteiger partial charge in [0.1, 0.15) is 0 Å². The number of aromatic nitrogens is 2. The summed E-state index contributed by atoms with van der Waals surface area (Å²) >= 11 is 2.01. The highest BCUT2D eigenvalue weighted by atomic mass is 127. The molecule has 0 aliphatic carbocycles. The number of amides is 1. The number of hydrogen-bond acceptors (Lipinski definition) is 2. The van der Waals surface area contributed by atoms with E-state index in [1.807, 2.05) is 47.1 Å². The Morgan fingerprint density at radius 3 is 2.85 bits per heavy atom. The summed E-state index contributed by atoms with van der Waals surface area (Å²) in [6, 6.07) is 7.47. The van der Waals surface area contributed by atoms with Crippen LogP contribution in [0.3, 0.4) is 0 Å². The summed E-state index contributed by atoms with van der Waals surface area (Å²) in [6.45, 7) is 0. The van der Waals surface area contributed by atoms with E-state index in [0.29, 0.717) is 5.69 Å². The largest absolute Gasteiger partial charge is 0.364 e. The highest BCUT2D eigenvalue weighted by molar-refractivity contribution is 14.1. The number of rotatable bonds is 1. The molecular formula is C8H6IN3O. The van der Waals surface area contributed by atoms with Gasteiger partial charge in [0.05, 0.1) is 28.4 Å². The average molecular weight is 287 g/mol. The zero-order valence-electron chi connectivity index (χ0n) is 6.57. The van der Waals surface area contributed by atoms with Gasteiger partial charge in [0.2, 0.25) is 0 Å². The van der Waals surface area contributed by atoms with Crippen molar-refractivity contribution >= 4 is 39.7 Å². The fourth-order valence-corrected chi connectivity index (χ4v) is 1.85. The van der Waals surface area contributed by atoms with E-state index < -0.39 is 5.91 Å². The lowest BCUT2D eigenvalue weighted by Crippen LogP contribution is -2.11. The Labute approximate surface area is 88.2 Å². The SMILES string of the molecule is NC(=O)c1nn(I)c2ccccc12. The van der Waals surface area contributed by atoms with Gasteiger partial charge in [-0.15, -0.1) is 0 Å². The maximum absolute atomic E-state index is 11.0. The Morgan fingerprint density at radius 2 is 2.15 bits per heavy atom. The van der Waals surface area contributed by atoms with Crippen molar-refractivity contribution < 1.29 is 4.79 Å². The molecule has 0 atom stereocenters. The van der Waals surface area contributed by atoms with Crippen LogP contribution in [-0.4, -0.2) is 13.9 Å². The number of hydrogen-bond donors (Lipinski definition) is 1. The summed E-state index contributed by atoms with van der Waals surface area (Å²) in [5.41, 5.74) is 6.40. The molecule has 1 amide bonds. The van der Waals surface area contributed by atoms with E-state index in [2.05, 4.69) is 5.10 Å². The van der Waals surface area contributed by atoms with E-state index in [9.17, 15) is 4.79 Å². The van der Waals surface area contributed by atoms with E-state index in [1.165, 1.54) is 0 Å². The summed E-state index contributed by atoms with van der Waals surface area (Å²) in [7, 11) is 0. The molecule has 0 aliphatic rings. The molecule has 0 saturated heterocycles. The highest BCUT2D eigenvalue weighted by Gasteiger charge is 2.12. The summed E-state index contributed by atoms with van der Waals surface area (Å²) < 4.78 is 1.62. The third kappa shape index (κ3) is 1.28. The molecule has 0 aliphatic heterocycles. The van der Waals surface area contributed by atoms with Gasteiger partial charge in [-0.3, -0.25) is 4.79 Å². The smallest absolute Gasteiger partial charge is 0.269 e. The number of nitrogens with zero attached hydrogens (tertiary/aromatic N) is 2. The quantitative estimate of drug-likeness (QED) is 0.804. The summed E-state index contributed by atoms with van der Waals surface area (Å²) in [5.74, 6) is -0.494. The van der Waals surface area contributed by atoms with Gasteiger partial charge in [-0.2, -0.15) is 5.10 Å². The molecule has 2 rings (SSSR count). The highest BCUT2D eigenvalue weighted by Crippen LogP contribution is 2.19. The van der Waals surface area contributed by atoms with E-state index in [-0.39, 0.29) is 0 Å². The topological polar surface area (TPSA) is 60.9 Å². The van der Waals surface area contributed by atoms with Gasteiger partial charge in [0.15, 0.2) is 5.69 Å². The molecular weight excluding hydrogens is 281 g/mol. The van der Waals surface area contributed by atoms with Crippen LogP contribution in [0.15, 0.2) is 24.3 Å². The van der Waals surface area contributed by atoms with Crippen LogP contribution in [0.4, 0.5) is 0 Å². The molecule has 0 spiro atoms. The number of fused-ring (bicyclic) bond motifs is 1. The van der Waals surface area contributed by atoms with Crippen molar-refractivity contribution in [2.45, 2.75) is 0 Å². The van der Waals surface area contributed by atoms with Crippen LogP contribution in [0.1, 0.15) is 10.5 Å². The normalized spacial score (nSPS) is 10.5. The van der Waals surface area contributed by atoms with Crippen molar-refractivity contribution in [2.75, 3.05) is 0 Å². The van der Waals surface area contributed by atoms with Crippen LogP contribution in [0.2, 0.25) is 0 Å². The molecule has 1 heterocycles. The predicted octanol–water partition coefficient (Wildman–Crippen LogP) is 1.33. The number of halogens is 1. The Hall–Kier alpha value is -1.11. The van der Waals surface area contributed by atoms with Gasteiger partial charge in [-0.1, -0.05) is 18.2 Å². The van der Waals surface area contributed by atoms with Gasteiger partial charge in [0, 0.05) is 5.39 Å². The molecule has 2 aromatic rings. The maximum atomic E-state index is 11.0. The Morgan fingerprint density at radius 1 is 1.46 bits per heavy atom. The van der Waals surface area contributed by atoms with Crippen LogP contribution < -0.4 is 5.73 Å². The van der Waals surface area contributed by atoms with Crippen LogP contribution in [0.25, 0.3) is 10.9 Å². The molecule has 0 radical (unpaired) electrons. The van der Waals surface area contributed by atoms with Crippen LogP contribution in [0.5, 0.6) is 0 Å². The fraction of sp³-hybridized carbons (Fsp3) is 0. The standard InChI is InChI=1S/C8H6IN3O/c9-12-6-4-2-1-3-5(6)7(11-12)8(10)13/h1-4H,(H2,10,13). The van der Waals surface area contributed by atoms with Crippen LogP contribution in [-0.2, 0) is 0 Å². The lowest BCUT2D eigenvalue weighted by Gasteiger charge is -1.88. The van der Waals surface area contributed by atoms with Crippen molar-refractivity contribution in [1.29, 1.82) is 0 Å². The van der Waals surface area contributed by atoms with E-state index in [4.69, 9.17) is 5.73 Å². The molecule has 66 valence electrons. The van der Waals surface area contributed by atoms with Gasteiger partial charge < -0.3 is 5.73 Å². The van der Waals surface area contributed by atoms with Crippen molar-refractivity contribution in [2.24, 2.45) is 5.73 Å². The second-order valence-corrected chi connectivity index (χ2v) is 3.50. The number of carbonyl (C=O) groups excluding carboxylic acids is 1. The monoisotopic (exact) mass is 287 g/mol. The maximum Gasteiger partial charge on any atom is 0.269 e. The molecule has 0 fully saturated rings. The van der Waals surface area contributed by atoms with Gasteiger partial charge in [-0.05, 0) is 6.07 Å². The summed E-state index contributed by atoms with van der Waals surface area (Å²) in [4.78, 5) is 11.0. The molecule has 0 unspecified atom stereocenters. The Bertz CT molecular complexity index is 477. The van der Waals surface area contributed by atoms with E-state index in [0.717, 1.165) is 10.9 Å². The second kappa shape index (κ2) is 2.99. The minimum absolute atomic E-state index is 0.324. The predicted molar refractivity (Wildman–Crippen MR) is 57.7 cm³/mol. The molecule has 0 bridgehead atoms. The average Bonchev–Trinajstić information content (AvgIpc) is 2.45. The minimum Gasteiger partial charge on any atom is -0.364 e. The van der Waals surface area contributed by atoms with Crippen LogP contribution >= 0.6 is 22.9 Å². The molecule has 0 saturated carbocycles. The van der Waals surface area contributed by atoms with Crippen LogP contribution in [0, 0.1) is 0 Å². The first-order valence-electron chi connectivity index (χ1n) is 3.64. The number of carbonyl (C=O) groups is 1. The van der Waals surface area contributed by atoms with Gasteiger partial charge in [0.25, 0.3) is 5.91 Å². The minimum atomic E-state index is -0.494. The Balaban J connectivity index is 2.85.